The third-order valence-corrected chi connectivity index (χ3v) is 6.42. The van der Waals surface area contributed by atoms with Gasteiger partial charge < -0.3 is 15.7 Å². The van der Waals surface area contributed by atoms with Gasteiger partial charge in [0.1, 0.15) is 0 Å². The molecule has 1 aromatic carbocycles. The number of nitrogens with one attached hydrogen (secondary N) is 2. The second kappa shape index (κ2) is 7.18. The third kappa shape index (κ3) is 3.07. The molecule has 0 aliphatic carbocycles. The maximum Gasteiger partial charge on any atom is 0.151 e. The van der Waals surface area contributed by atoms with E-state index in [9.17, 15) is 5.11 Å². The van der Waals surface area contributed by atoms with E-state index in [1.165, 1.54) is 20.7 Å². The SMILES string of the molecule is C=Cc1ncc(CO)c(-c2ccc3c(ccc4sc5c(c43)NC[C@@H](C)NC5)n2)n1. The Morgan fingerprint density at radius 1 is 1.28 bits per heavy atom. The summed E-state index contributed by atoms with van der Waals surface area (Å²) in [6, 6.07) is 8.70. The highest BCUT2D eigenvalue weighted by molar-refractivity contribution is 7.20. The highest BCUT2D eigenvalue weighted by Gasteiger charge is 2.19. The van der Waals surface area contributed by atoms with Gasteiger partial charge in [-0.15, -0.1) is 11.3 Å². The molecule has 1 atom stereocenters. The van der Waals surface area contributed by atoms with Gasteiger partial charge in [0.2, 0.25) is 0 Å². The normalized spacial score (nSPS) is 16.4. The zero-order chi connectivity index (χ0) is 20.0. The lowest BCUT2D eigenvalue weighted by Gasteiger charge is -2.11. The summed E-state index contributed by atoms with van der Waals surface area (Å²) < 4.78 is 1.26. The number of aromatic nitrogens is 3. The largest absolute Gasteiger partial charge is 0.392 e. The van der Waals surface area contributed by atoms with Crippen molar-refractivity contribution in [1.82, 2.24) is 20.3 Å². The Bertz CT molecular complexity index is 1250. The van der Waals surface area contributed by atoms with E-state index in [0.29, 0.717) is 23.1 Å². The van der Waals surface area contributed by atoms with Gasteiger partial charge in [-0.1, -0.05) is 6.58 Å². The van der Waals surface area contributed by atoms with Crippen LogP contribution in [0.5, 0.6) is 0 Å². The molecule has 0 amide bonds. The van der Waals surface area contributed by atoms with Crippen molar-refractivity contribution < 1.29 is 5.11 Å². The molecule has 0 bridgehead atoms. The van der Waals surface area contributed by atoms with Crippen LogP contribution < -0.4 is 10.6 Å². The summed E-state index contributed by atoms with van der Waals surface area (Å²) in [5.74, 6) is 0.517. The highest BCUT2D eigenvalue weighted by Crippen LogP contribution is 2.41. The molecule has 6 nitrogen and oxygen atoms in total. The van der Waals surface area contributed by atoms with Crippen LogP contribution >= 0.6 is 11.3 Å². The monoisotopic (exact) mass is 403 g/mol. The third-order valence-electron chi connectivity index (χ3n) is 5.27. The summed E-state index contributed by atoms with van der Waals surface area (Å²) in [5, 5.41) is 19.2. The molecule has 0 saturated heterocycles. The quantitative estimate of drug-likeness (QED) is 0.481. The van der Waals surface area contributed by atoms with E-state index < -0.39 is 0 Å². The maximum atomic E-state index is 9.70. The van der Waals surface area contributed by atoms with E-state index in [-0.39, 0.29) is 6.61 Å². The molecule has 0 radical (unpaired) electrons. The first-order valence-electron chi connectivity index (χ1n) is 9.60. The van der Waals surface area contributed by atoms with E-state index in [4.69, 9.17) is 4.98 Å². The summed E-state index contributed by atoms with van der Waals surface area (Å²) in [7, 11) is 0. The molecule has 146 valence electrons. The van der Waals surface area contributed by atoms with E-state index in [0.717, 1.165) is 29.7 Å². The van der Waals surface area contributed by atoms with Crippen molar-refractivity contribution >= 4 is 44.1 Å². The molecule has 4 aromatic rings. The summed E-state index contributed by atoms with van der Waals surface area (Å²) in [6.45, 7) is 7.55. The van der Waals surface area contributed by atoms with Gasteiger partial charge in [-0.2, -0.15) is 0 Å². The Hall–Kier alpha value is -2.87. The second-order valence-corrected chi connectivity index (χ2v) is 8.37. The average Bonchev–Trinajstić information content (AvgIpc) is 3.03. The van der Waals surface area contributed by atoms with E-state index in [1.54, 1.807) is 12.3 Å². The summed E-state index contributed by atoms with van der Waals surface area (Å²) in [6.07, 6.45) is 3.22. The molecule has 0 fully saturated rings. The van der Waals surface area contributed by atoms with Crippen LogP contribution in [0.1, 0.15) is 23.2 Å². The fraction of sp³-hybridized carbons (Fsp3) is 0.227. The van der Waals surface area contributed by atoms with Crippen molar-refractivity contribution in [2.45, 2.75) is 26.1 Å². The van der Waals surface area contributed by atoms with Crippen LogP contribution in [0, 0.1) is 0 Å². The van der Waals surface area contributed by atoms with Crippen molar-refractivity contribution in [2.75, 3.05) is 11.9 Å². The van der Waals surface area contributed by atoms with Gasteiger partial charge in [0.15, 0.2) is 5.82 Å². The van der Waals surface area contributed by atoms with Gasteiger partial charge in [0, 0.05) is 51.2 Å². The van der Waals surface area contributed by atoms with Crippen LogP contribution in [-0.4, -0.2) is 32.6 Å². The number of hydrogen-bond acceptors (Lipinski definition) is 7. The fourth-order valence-electron chi connectivity index (χ4n) is 3.74. The summed E-state index contributed by atoms with van der Waals surface area (Å²) >= 11 is 1.82. The number of hydrogen-bond donors (Lipinski definition) is 3. The smallest absolute Gasteiger partial charge is 0.151 e. The lowest BCUT2D eigenvalue weighted by atomic mass is 10.1. The number of aliphatic hydroxyl groups is 1. The molecule has 0 unspecified atom stereocenters. The molecule has 1 aliphatic rings. The molecule has 5 rings (SSSR count). The maximum absolute atomic E-state index is 9.70. The average molecular weight is 404 g/mol. The van der Waals surface area contributed by atoms with Gasteiger partial charge in [-0.05, 0) is 37.3 Å². The van der Waals surface area contributed by atoms with Crippen LogP contribution in [0.3, 0.4) is 0 Å². The summed E-state index contributed by atoms with van der Waals surface area (Å²) in [5.41, 5.74) is 4.13. The molecule has 1 aliphatic heterocycles. The van der Waals surface area contributed by atoms with Crippen molar-refractivity contribution in [3.05, 3.63) is 53.3 Å². The number of anilines is 1. The number of aliphatic hydroxyl groups excluding tert-OH is 1. The minimum Gasteiger partial charge on any atom is -0.392 e. The van der Waals surface area contributed by atoms with Gasteiger partial charge in [-0.25, -0.2) is 15.0 Å². The van der Waals surface area contributed by atoms with E-state index >= 15 is 0 Å². The Labute approximate surface area is 172 Å². The minimum atomic E-state index is -0.140. The predicted octanol–water partition coefficient (Wildman–Crippen LogP) is 3.95. The van der Waals surface area contributed by atoms with E-state index in [1.807, 2.05) is 17.4 Å². The van der Waals surface area contributed by atoms with Crippen molar-refractivity contribution in [1.29, 1.82) is 0 Å². The predicted molar refractivity (Wildman–Crippen MR) is 119 cm³/mol. The first-order chi connectivity index (χ1) is 14.2. The van der Waals surface area contributed by atoms with Gasteiger partial charge >= 0.3 is 0 Å². The standard InChI is InChI=1S/C22H21N5OS/c1-3-19-24-9-13(11-28)21(27-19)16-5-4-14-15(26-16)6-7-17-20(14)22-18(29-17)10-23-12(2)8-25-22/h3-7,9,12,23,25,28H,1,8,10-11H2,2H3/t12-/m1/s1. The number of benzene rings is 1. The molecule has 4 heterocycles. The molecular weight excluding hydrogens is 382 g/mol. The first-order valence-corrected chi connectivity index (χ1v) is 10.4. The molecule has 3 N–H and O–H groups in total. The number of fused-ring (bicyclic) bond motifs is 5. The van der Waals surface area contributed by atoms with Gasteiger partial charge in [0.25, 0.3) is 0 Å². The Balaban J connectivity index is 1.69. The zero-order valence-electron chi connectivity index (χ0n) is 16.1. The van der Waals surface area contributed by atoms with Gasteiger partial charge in [0.05, 0.1) is 29.2 Å². The molecule has 0 spiro atoms. The lowest BCUT2D eigenvalue weighted by Crippen LogP contribution is -2.29. The first kappa shape index (κ1) is 18.2. The minimum absolute atomic E-state index is 0.140. The molecule has 29 heavy (non-hydrogen) atoms. The van der Waals surface area contributed by atoms with Crippen LogP contribution in [0.25, 0.3) is 38.5 Å². The van der Waals surface area contributed by atoms with Crippen LogP contribution in [-0.2, 0) is 13.2 Å². The van der Waals surface area contributed by atoms with Crippen LogP contribution in [0.2, 0.25) is 0 Å². The second-order valence-electron chi connectivity index (χ2n) is 7.23. The van der Waals surface area contributed by atoms with Crippen molar-refractivity contribution in [3.63, 3.8) is 0 Å². The topological polar surface area (TPSA) is 83.0 Å². The summed E-state index contributed by atoms with van der Waals surface area (Å²) in [4.78, 5) is 14.9. The fourth-order valence-corrected chi connectivity index (χ4v) is 4.89. The Kier molecular flexibility index (Phi) is 4.50. The molecular formula is C22H21N5OS. The molecule has 0 saturated carbocycles. The lowest BCUT2D eigenvalue weighted by molar-refractivity contribution is 0.281. The van der Waals surface area contributed by atoms with Crippen LogP contribution in [0.15, 0.2) is 37.0 Å². The number of rotatable bonds is 3. The number of thiophene rings is 1. The molecule has 7 heteroatoms. The zero-order valence-corrected chi connectivity index (χ0v) is 16.9. The van der Waals surface area contributed by atoms with E-state index in [2.05, 4.69) is 52.3 Å². The molecule has 3 aromatic heterocycles. The Morgan fingerprint density at radius 3 is 3.00 bits per heavy atom. The van der Waals surface area contributed by atoms with Crippen molar-refractivity contribution in [3.8, 4) is 11.4 Å². The highest BCUT2D eigenvalue weighted by atomic mass is 32.1. The van der Waals surface area contributed by atoms with Gasteiger partial charge in [-0.3, -0.25) is 0 Å². The van der Waals surface area contributed by atoms with Crippen LogP contribution in [0.4, 0.5) is 5.69 Å². The number of pyridine rings is 1. The Morgan fingerprint density at radius 2 is 2.17 bits per heavy atom. The number of nitrogens with zero attached hydrogens (tertiary/aromatic N) is 3. The van der Waals surface area contributed by atoms with Crippen molar-refractivity contribution in [2.24, 2.45) is 0 Å².